The minimum Gasteiger partial charge on any atom is -0.310 e. The summed E-state index contributed by atoms with van der Waals surface area (Å²) >= 11 is 0. The summed E-state index contributed by atoms with van der Waals surface area (Å²) in [5.41, 5.74) is 3.41. The van der Waals surface area contributed by atoms with Crippen molar-refractivity contribution in [3.05, 3.63) is 65.0 Å². The Kier molecular flexibility index (Phi) is 6.27. The van der Waals surface area contributed by atoms with Crippen molar-refractivity contribution < 1.29 is 8.78 Å². The second kappa shape index (κ2) is 9.24. The van der Waals surface area contributed by atoms with E-state index in [2.05, 4.69) is 45.7 Å². The van der Waals surface area contributed by atoms with Gasteiger partial charge in [-0.25, -0.2) is 13.8 Å². The van der Waals surface area contributed by atoms with Gasteiger partial charge in [0.15, 0.2) is 5.83 Å². The first-order valence-electron chi connectivity index (χ1n) is 12.2. The second-order valence-corrected chi connectivity index (χ2v) is 9.94. The first-order chi connectivity index (χ1) is 16.8. The average molecular weight is 479 g/mol. The van der Waals surface area contributed by atoms with E-state index < -0.39 is 11.6 Å². The van der Waals surface area contributed by atoms with Gasteiger partial charge in [0.05, 0.1) is 0 Å². The summed E-state index contributed by atoms with van der Waals surface area (Å²) in [6.07, 6.45) is 4.03. The lowest BCUT2D eigenvalue weighted by Gasteiger charge is -2.32. The zero-order valence-electron chi connectivity index (χ0n) is 20.9. The molecule has 3 aliphatic heterocycles. The van der Waals surface area contributed by atoms with Gasteiger partial charge in [0.1, 0.15) is 29.7 Å². The van der Waals surface area contributed by atoms with Crippen molar-refractivity contribution >= 4 is 22.9 Å². The zero-order valence-corrected chi connectivity index (χ0v) is 20.9. The van der Waals surface area contributed by atoms with Crippen LogP contribution in [-0.4, -0.2) is 66.1 Å². The standard InChI is InChI=1S/C27H32F2N6/c1-5-27(3)18(2)32-26-21(27)12-20(13-22(26)28)25-23(29)16-35(17-31-25)24-7-6-19(14-30-24)15-34-10-8-33(4)9-11-34/h6-7,12-14,16H,5,8-11,15,17H2,1-4H3. The first-order valence-corrected chi connectivity index (χ1v) is 12.2. The zero-order chi connectivity index (χ0) is 24.7. The molecule has 0 saturated carbocycles. The molecule has 1 unspecified atom stereocenters. The third kappa shape index (κ3) is 4.41. The Morgan fingerprint density at radius 2 is 1.86 bits per heavy atom. The highest BCUT2D eigenvalue weighted by atomic mass is 19.1. The Morgan fingerprint density at radius 1 is 1.09 bits per heavy atom. The van der Waals surface area contributed by atoms with E-state index in [4.69, 9.17) is 0 Å². The van der Waals surface area contributed by atoms with Crippen LogP contribution in [0.15, 0.2) is 52.5 Å². The fourth-order valence-electron chi connectivity index (χ4n) is 4.98. The number of likely N-dealkylation sites (N-methyl/N-ethyl adjacent to an activating group) is 1. The van der Waals surface area contributed by atoms with Gasteiger partial charge in [0.25, 0.3) is 0 Å². The van der Waals surface area contributed by atoms with Crippen LogP contribution >= 0.6 is 0 Å². The van der Waals surface area contributed by atoms with Crippen LogP contribution in [0.1, 0.15) is 43.9 Å². The Bertz CT molecular complexity index is 1210. The normalized spacial score (nSPS) is 23.1. The number of anilines is 1. The highest BCUT2D eigenvalue weighted by Crippen LogP contribution is 2.44. The molecule has 1 aromatic carbocycles. The van der Waals surface area contributed by atoms with E-state index >= 15 is 4.39 Å². The van der Waals surface area contributed by atoms with Crippen molar-refractivity contribution in [3.63, 3.8) is 0 Å². The third-order valence-corrected chi connectivity index (χ3v) is 7.70. The van der Waals surface area contributed by atoms with Crippen LogP contribution in [0.4, 0.5) is 20.3 Å². The van der Waals surface area contributed by atoms with Crippen molar-refractivity contribution in [3.8, 4) is 0 Å². The molecule has 3 aliphatic rings. The molecule has 1 aromatic heterocycles. The molecular weight excluding hydrogens is 446 g/mol. The Morgan fingerprint density at radius 3 is 2.51 bits per heavy atom. The van der Waals surface area contributed by atoms with Crippen molar-refractivity contribution in [2.75, 3.05) is 44.8 Å². The summed E-state index contributed by atoms with van der Waals surface area (Å²) in [5, 5.41) is 0. The number of fused-ring (bicyclic) bond motifs is 1. The second-order valence-electron chi connectivity index (χ2n) is 9.94. The molecule has 0 radical (unpaired) electrons. The summed E-state index contributed by atoms with van der Waals surface area (Å²) in [6.45, 7) is 11.3. The monoisotopic (exact) mass is 478 g/mol. The fourth-order valence-corrected chi connectivity index (χ4v) is 4.98. The molecule has 8 heteroatoms. The van der Waals surface area contributed by atoms with E-state index in [9.17, 15) is 4.39 Å². The van der Waals surface area contributed by atoms with Gasteiger partial charge in [-0.05, 0) is 49.7 Å². The quantitative estimate of drug-likeness (QED) is 0.618. The molecule has 6 nitrogen and oxygen atoms in total. The van der Waals surface area contributed by atoms with E-state index in [1.165, 1.54) is 12.3 Å². The van der Waals surface area contributed by atoms with Gasteiger partial charge >= 0.3 is 0 Å². The number of hydrogen-bond acceptors (Lipinski definition) is 6. The van der Waals surface area contributed by atoms with Crippen LogP contribution in [0.2, 0.25) is 0 Å². The lowest BCUT2D eigenvalue weighted by molar-refractivity contribution is 0.148. The van der Waals surface area contributed by atoms with Crippen molar-refractivity contribution in [1.29, 1.82) is 0 Å². The van der Waals surface area contributed by atoms with Crippen molar-refractivity contribution in [2.45, 2.75) is 39.2 Å². The van der Waals surface area contributed by atoms with Crippen LogP contribution < -0.4 is 4.90 Å². The lowest BCUT2D eigenvalue weighted by atomic mass is 9.77. The van der Waals surface area contributed by atoms with Crippen molar-refractivity contribution in [1.82, 2.24) is 14.8 Å². The minimum atomic E-state index is -0.507. The van der Waals surface area contributed by atoms with E-state index in [1.54, 1.807) is 4.90 Å². The highest BCUT2D eigenvalue weighted by Gasteiger charge is 2.37. The number of hydrogen-bond donors (Lipinski definition) is 0. The number of halogens is 2. The van der Waals surface area contributed by atoms with Gasteiger partial charge in [0.2, 0.25) is 0 Å². The predicted molar refractivity (Wildman–Crippen MR) is 137 cm³/mol. The number of nitrogens with zero attached hydrogens (tertiary/aromatic N) is 6. The Balaban J connectivity index is 1.31. The van der Waals surface area contributed by atoms with E-state index in [-0.39, 0.29) is 17.8 Å². The largest absolute Gasteiger partial charge is 0.310 e. The van der Waals surface area contributed by atoms with E-state index in [1.807, 2.05) is 31.3 Å². The fraction of sp³-hybridized carbons (Fsp3) is 0.444. The predicted octanol–water partition coefficient (Wildman–Crippen LogP) is 4.82. The molecule has 0 bridgehead atoms. The molecule has 5 rings (SSSR count). The van der Waals surface area contributed by atoms with Crippen molar-refractivity contribution in [2.24, 2.45) is 9.98 Å². The molecule has 0 aliphatic carbocycles. The van der Waals surface area contributed by atoms with Gasteiger partial charge in [-0.1, -0.05) is 19.9 Å². The molecule has 4 heterocycles. The van der Waals surface area contributed by atoms with Gasteiger partial charge in [-0.3, -0.25) is 14.9 Å². The number of aromatic nitrogens is 1. The van der Waals surface area contributed by atoms with Gasteiger partial charge < -0.3 is 9.80 Å². The highest BCUT2D eigenvalue weighted by molar-refractivity contribution is 6.13. The average Bonchev–Trinajstić information content (AvgIpc) is 3.12. The summed E-state index contributed by atoms with van der Waals surface area (Å²) in [7, 11) is 2.14. The maximum Gasteiger partial charge on any atom is 0.165 e. The SMILES string of the molecule is CCC1(C)C(C)=Nc2c(F)cc(C3=NCN(c4ccc(CN5CCN(C)CC5)cn4)C=C3F)cc21. The summed E-state index contributed by atoms with van der Waals surface area (Å²) in [6, 6.07) is 7.12. The van der Waals surface area contributed by atoms with Crippen LogP contribution in [-0.2, 0) is 12.0 Å². The summed E-state index contributed by atoms with van der Waals surface area (Å²) in [4.78, 5) is 19.9. The maximum absolute atomic E-state index is 15.2. The van der Waals surface area contributed by atoms with Crippen LogP contribution in [0, 0.1) is 5.82 Å². The van der Waals surface area contributed by atoms with Gasteiger partial charge in [-0.15, -0.1) is 0 Å². The number of pyridine rings is 1. The molecule has 1 fully saturated rings. The Hall–Kier alpha value is -2.97. The van der Waals surface area contributed by atoms with Crippen LogP contribution in [0.5, 0.6) is 0 Å². The summed E-state index contributed by atoms with van der Waals surface area (Å²) < 4.78 is 30.1. The molecule has 0 N–H and O–H groups in total. The third-order valence-electron chi connectivity index (χ3n) is 7.70. The molecule has 2 aromatic rings. The molecule has 184 valence electrons. The molecular formula is C27H32F2N6. The molecule has 35 heavy (non-hydrogen) atoms. The van der Waals surface area contributed by atoms with Gasteiger partial charge in [0, 0.05) is 61.8 Å². The van der Waals surface area contributed by atoms with E-state index in [0.29, 0.717) is 17.1 Å². The molecule has 1 atom stereocenters. The van der Waals surface area contributed by atoms with Gasteiger partial charge in [-0.2, -0.15) is 0 Å². The minimum absolute atomic E-state index is 0.164. The Labute approximate surface area is 205 Å². The number of rotatable bonds is 5. The molecule has 0 amide bonds. The number of aliphatic imine (C=N–C) groups is 2. The topological polar surface area (TPSA) is 47.3 Å². The molecule has 1 saturated heterocycles. The molecule has 0 spiro atoms. The first kappa shape index (κ1) is 23.8. The van der Waals surface area contributed by atoms with E-state index in [0.717, 1.165) is 56.0 Å². The number of piperazine rings is 1. The maximum atomic E-state index is 15.2. The lowest BCUT2D eigenvalue weighted by Crippen LogP contribution is -2.43. The van der Waals surface area contributed by atoms with Crippen LogP contribution in [0.25, 0.3) is 0 Å². The number of allylic oxidation sites excluding steroid dienone is 1. The summed E-state index contributed by atoms with van der Waals surface area (Å²) in [5.74, 6) is -0.315. The van der Waals surface area contributed by atoms with Crippen LogP contribution in [0.3, 0.4) is 0 Å². The smallest absolute Gasteiger partial charge is 0.165 e. The number of benzene rings is 1.